The van der Waals surface area contributed by atoms with E-state index in [1.54, 1.807) is 32.0 Å². The van der Waals surface area contributed by atoms with Crippen molar-refractivity contribution in [2.45, 2.75) is 51.5 Å². The van der Waals surface area contributed by atoms with Crippen molar-refractivity contribution in [1.29, 1.82) is 0 Å². The molecule has 1 saturated heterocycles. The number of H-pyrrole nitrogens is 1. The molecular formula is C19H25FN4OS. The second kappa shape index (κ2) is 7.31. The summed E-state index contributed by atoms with van der Waals surface area (Å²) in [5.41, 5.74) is -0.480. The van der Waals surface area contributed by atoms with Gasteiger partial charge in [-0.15, -0.1) is 0 Å². The van der Waals surface area contributed by atoms with Crippen molar-refractivity contribution in [1.82, 2.24) is 19.7 Å². The first kappa shape index (κ1) is 18.8. The maximum atomic E-state index is 14.3. The summed E-state index contributed by atoms with van der Waals surface area (Å²) in [7, 11) is 0. The van der Waals surface area contributed by atoms with Gasteiger partial charge in [-0.25, -0.2) is 4.39 Å². The quantitative estimate of drug-likeness (QED) is 0.826. The summed E-state index contributed by atoms with van der Waals surface area (Å²) < 4.78 is 16.8. The second-order valence-electron chi connectivity index (χ2n) is 7.33. The molecule has 1 N–H and O–H groups in total. The predicted octanol–water partition coefficient (Wildman–Crippen LogP) is 3.78. The molecule has 1 unspecified atom stereocenters. The Morgan fingerprint density at radius 2 is 2.15 bits per heavy atom. The third-order valence-corrected chi connectivity index (χ3v) is 5.57. The normalized spacial score (nSPS) is 18.2. The lowest BCUT2D eigenvalue weighted by molar-refractivity contribution is -0.137. The van der Waals surface area contributed by atoms with Crippen LogP contribution in [0.4, 0.5) is 4.39 Å². The second-order valence-corrected chi connectivity index (χ2v) is 7.71. The molecule has 2 aromatic rings. The molecule has 1 atom stereocenters. The lowest BCUT2D eigenvalue weighted by Gasteiger charge is -2.37. The van der Waals surface area contributed by atoms with Gasteiger partial charge in [0.2, 0.25) is 5.91 Å². The van der Waals surface area contributed by atoms with E-state index in [-0.39, 0.29) is 17.6 Å². The highest BCUT2D eigenvalue weighted by atomic mass is 32.1. The van der Waals surface area contributed by atoms with Crippen molar-refractivity contribution in [3.05, 3.63) is 46.2 Å². The summed E-state index contributed by atoms with van der Waals surface area (Å²) in [4.78, 5) is 15.1. The minimum absolute atomic E-state index is 0.0514. The highest BCUT2D eigenvalue weighted by Gasteiger charge is 2.38. The Morgan fingerprint density at radius 3 is 2.85 bits per heavy atom. The first-order valence-electron chi connectivity index (χ1n) is 9.05. The summed E-state index contributed by atoms with van der Waals surface area (Å²) in [5.74, 6) is 0.645. The van der Waals surface area contributed by atoms with E-state index in [9.17, 15) is 9.18 Å². The Hall–Kier alpha value is -2.02. The van der Waals surface area contributed by atoms with Gasteiger partial charge in [0, 0.05) is 31.1 Å². The molecule has 140 valence electrons. The molecule has 0 spiro atoms. The van der Waals surface area contributed by atoms with E-state index in [2.05, 4.69) is 10.2 Å². The molecule has 1 aromatic carbocycles. The lowest BCUT2D eigenvalue weighted by atomic mass is 9.82. The Bertz CT molecular complexity index is 857. The van der Waals surface area contributed by atoms with Crippen LogP contribution in [-0.2, 0) is 16.8 Å². The fourth-order valence-electron chi connectivity index (χ4n) is 3.80. The number of piperidine rings is 1. The molecule has 3 rings (SSSR count). The van der Waals surface area contributed by atoms with Crippen LogP contribution in [-0.4, -0.2) is 38.7 Å². The summed E-state index contributed by atoms with van der Waals surface area (Å²) in [6, 6.07) is 6.51. The molecule has 0 saturated carbocycles. The Balaban J connectivity index is 1.84. The van der Waals surface area contributed by atoms with Gasteiger partial charge in [0.25, 0.3) is 0 Å². The van der Waals surface area contributed by atoms with Gasteiger partial charge < -0.3 is 9.47 Å². The lowest BCUT2D eigenvalue weighted by Crippen LogP contribution is -2.48. The number of halogens is 1. The molecule has 1 fully saturated rings. The standard InChI is InChI=1S/C19H25FN4OS/c1-4-24-16(21-22-18(24)26)13-8-7-11-23(12-13)17(25)19(2,3)14-9-5-6-10-15(14)20/h5-6,9-10,13H,4,7-8,11-12H2,1-3H3,(H,22,26). The third kappa shape index (κ3) is 3.32. The molecular weight excluding hydrogens is 351 g/mol. The summed E-state index contributed by atoms with van der Waals surface area (Å²) in [6.45, 7) is 7.62. The number of hydrogen-bond acceptors (Lipinski definition) is 3. The van der Waals surface area contributed by atoms with Crippen molar-refractivity contribution < 1.29 is 9.18 Å². The van der Waals surface area contributed by atoms with Crippen LogP contribution in [0, 0.1) is 10.6 Å². The SMILES string of the molecule is CCn1c(C2CCCN(C(=O)C(C)(C)c3ccccc3F)C2)n[nH]c1=S. The fourth-order valence-corrected chi connectivity index (χ4v) is 4.07. The van der Waals surface area contributed by atoms with Crippen molar-refractivity contribution in [3.8, 4) is 0 Å². The maximum absolute atomic E-state index is 14.3. The molecule has 1 aliphatic rings. The summed E-state index contributed by atoms with van der Waals surface area (Å²) in [5, 5.41) is 7.24. The van der Waals surface area contributed by atoms with Gasteiger partial charge in [0.1, 0.15) is 11.6 Å². The van der Waals surface area contributed by atoms with E-state index in [0.29, 0.717) is 23.4 Å². The van der Waals surface area contributed by atoms with Crippen LogP contribution in [0.2, 0.25) is 0 Å². The Kier molecular flexibility index (Phi) is 5.27. The van der Waals surface area contributed by atoms with Crippen molar-refractivity contribution in [2.75, 3.05) is 13.1 Å². The third-order valence-electron chi connectivity index (χ3n) is 5.26. The van der Waals surface area contributed by atoms with Crippen molar-refractivity contribution >= 4 is 18.1 Å². The van der Waals surface area contributed by atoms with E-state index in [1.165, 1.54) is 6.07 Å². The summed E-state index contributed by atoms with van der Waals surface area (Å²) >= 11 is 5.28. The first-order valence-corrected chi connectivity index (χ1v) is 9.46. The zero-order chi connectivity index (χ0) is 18.9. The van der Waals surface area contributed by atoms with Crippen LogP contribution in [0.1, 0.15) is 50.9 Å². The van der Waals surface area contributed by atoms with Crippen LogP contribution >= 0.6 is 12.2 Å². The molecule has 26 heavy (non-hydrogen) atoms. The molecule has 5 nitrogen and oxygen atoms in total. The molecule has 2 heterocycles. The Labute approximate surface area is 158 Å². The highest BCUT2D eigenvalue weighted by Crippen LogP contribution is 2.32. The molecule has 0 aliphatic carbocycles. The largest absolute Gasteiger partial charge is 0.341 e. The van der Waals surface area contributed by atoms with Gasteiger partial charge in [-0.05, 0) is 51.9 Å². The van der Waals surface area contributed by atoms with Crippen LogP contribution in [0.15, 0.2) is 24.3 Å². The molecule has 1 aliphatic heterocycles. The summed E-state index contributed by atoms with van der Waals surface area (Å²) in [6.07, 6.45) is 1.86. The van der Waals surface area contributed by atoms with Gasteiger partial charge in [-0.3, -0.25) is 9.89 Å². The first-order chi connectivity index (χ1) is 12.4. The van der Waals surface area contributed by atoms with Crippen LogP contribution in [0.25, 0.3) is 0 Å². The van der Waals surface area contributed by atoms with E-state index in [0.717, 1.165) is 25.2 Å². The fraction of sp³-hybridized carbons (Fsp3) is 0.526. The smallest absolute Gasteiger partial charge is 0.232 e. The number of nitrogens with zero attached hydrogens (tertiary/aromatic N) is 3. The van der Waals surface area contributed by atoms with Gasteiger partial charge in [0.05, 0.1) is 5.41 Å². The Morgan fingerprint density at radius 1 is 1.42 bits per heavy atom. The number of carbonyl (C=O) groups excluding carboxylic acids is 1. The highest BCUT2D eigenvalue weighted by molar-refractivity contribution is 7.71. The number of benzene rings is 1. The van der Waals surface area contributed by atoms with Gasteiger partial charge in [-0.2, -0.15) is 5.10 Å². The molecule has 0 bridgehead atoms. The zero-order valence-corrected chi connectivity index (χ0v) is 16.3. The zero-order valence-electron chi connectivity index (χ0n) is 15.5. The molecule has 0 radical (unpaired) electrons. The van der Waals surface area contributed by atoms with Crippen LogP contribution < -0.4 is 0 Å². The number of likely N-dealkylation sites (tertiary alicyclic amines) is 1. The van der Waals surface area contributed by atoms with Gasteiger partial charge in [0.15, 0.2) is 4.77 Å². The molecule has 1 amide bonds. The minimum atomic E-state index is -0.914. The van der Waals surface area contributed by atoms with Crippen LogP contribution in [0.5, 0.6) is 0 Å². The number of aromatic amines is 1. The average molecular weight is 377 g/mol. The van der Waals surface area contributed by atoms with Gasteiger partial charge >= 0.3 is 0 Å². The predicted molar refractivity (Wildman–Crippen MR) is 101 cm³/mol. The minimum Gasteiger partial charge on any atom is -0.341 e. The number of amides is 1. The molecule has 1 aromatic heterocycles. The number of hydrogen-bond donors (Lipinski definition) is 1. The number of carbonyl (C=O) groups is 1. The number of rotatable bonds is 4. The topological polar surface area (TPSA) is 53.9 Å². The van der Waals surface area contributed by atoms with E-state index in [1.807, 2.05) is 16.4 Å². The number of nitrogens with one attached hydrogen (secondary N) is 1. The van der Waals surface area contributed by atoms with E-state index in [4.69, 9.17) is 12.2 Å². The van der Waals surface area contributed by atoms with Crippen LogP contribution in [0.3, 0.4) is 0 Å². The maximum Gasteiger partial charge on any atom is 0.232 e. The molecule has 7 heteroatoms. The van der Waals surface area contributed by atoms with Crippen molar-refractivity contribution in [2.24, 2.45) is 0 Å². The van der Waals surface area contributed by atoms with E-state index >= 15 is 0 Å². The number of aromatic nitrogens is 3. The van der Waals surface area contributed by atoms with E-state index < -0.39 is 5.41 Å². The monoisotopic (exact) mass is 376 g/mol. The van der Waals surface area contributed by atoms with Crippen molar-refractivity contribution in [3.63, 3.8) is 0 Å². The van der Waals surface area contributed by atoms with Gasteiger partial charge in [-0.1, -0.05) is 18.2 Å². The average Bonchev–Trinajstić information content (AvgIpc) is 3.02.